The Labute approximate surface area is 131 Å². The van der Waals surface area contributed by atoms with Gasteiger partial charge in [-0.3, -0.25) is 0 Å². The molecule has 0 saturated carbocycles. The van der Waals surface area contributed by atoms with E-state index in [0.717, 1.165) is 10.5 Å². The Bertz CT molecular complexity index is 614. The number of carboxylic acid groups (broad SMARTS) is 1. The molecule has 0 spiro atoms. The number of carbonyl (C=O) groups is 1. The van der Waals surface area contributed by atoms with E-state index in [0.29, 0.717) is 10.9 Å². The first-order chi connectivity index (χ1) is 10.1. The number of aliphatic imine (C=N–C) groups is 1. The lowest BCUT2D eigenvalue weighted by atomic mass is 9.96. The Morgan fingerprint density at radius 1 is 1.33 bits per heavy atom. The SMILES string of the molecule is CSC1=NC(c2ccccc2SC)C(C(=O)O)=C(CO)N1. The topological polar surface area (TPSA) is 81.9 Å². The van der Waals surface area contributed by atoms with Crippen LogP contribution in [0.2, 0.25) is 0 Å². The summed E-state index contributed by atoms with van der Waals surface area (Å²) in [6, 6.07) is 6.98. The normalized spacial score (nSPS) is 18.2. The van der Waals surface area contributed by atoms with E-state index in [2.05, 4.69) is 10.3 Å². The molecule has 0 saturated heterocycles. The van der Waals surface area contributed by atoms with Crippen molar-refractivity contribution in [2.45, 2.75) is 10.9 Å². The number of aliphatic hydroxyl groups is 1. The van der Waals surface area contributed by atoms with E-state index < -0.39 is 12.0 Å². The molecule has 3 N–H and O–H groups in total. The second-order valence-corrected chi connectivity index (χ2v) is 5.91. The molecule has 1 unspecified atom stereocenters. The molecule has 0 aliphatic carbocycles. The van der Waals surface area contributed by atoms with Gasteiger partial charge in [0, 0.05) is 4.90 Å². The van der Waals surface area contributed by atoms with Crippen molar-refractivity contribution in [3.63, 3.8) is 0 Å². The summed E-state index contributed by atoms with van der Waals surface area (Å²) in [6.07, 6.45) is 3.79. The van der Waals surface area contributed by atoms with Gasteiger partial charge in [0.2, 0.25) is 0 Å². The maximum atomic E-state index is 11.6. The summed E-state index contributed by atoms with van der Waals surface area (Å²) >= 11 is 2.93. The zero-order chi connectivity index (χ0) is 15.4. The second kappa shape index (κ2) is 7.02. The molecule has 0 amide bonds. The molecule has 0 bridgehead atoms. The van der Waals surface area contributed by atoms with Gasteiger partial charge in [0.1, 0.15) is 6.04 Å². The second-order valence-electron chi connectivity index (χ2n) is 4.26. The number of aliphatic hydroxyl groups excluding tert-OH is 1. The number of rotatable bonds is 4. The van der Waals surface area contributed by atoms with Gasteiger partial charge in [-0.1, -0.05) is 30.0 Å². The Kier molecular flexibility index (Phi) is 5.33. The maximum Gasteiger partial charge on any atom is 0.335 e. The Hall–Kier alpha value is -1.44. The van der Waals surface area contributed by atoms with Crippen LogP contribution >= 0.6 is 23.5 Å². The smallest absolute Gasteiger partial charge is 0.335 e. The summed E-state index contributed by atoms with van der Waals surface area (Å²) in [5, 5.41) is 22.4. The summed E-state index contributed by atoms with van der Waals surface area (Å²) in [4.78, 5) is 17.1. The first kappa shape index (κ1) is 15.9. The average Bonchev–Trinajstić information content (AvgIpc) is 2.53. The Morgan fingerprint density at radius 3 is 2.62 bits per heavy atom. The molecule has 0 aromatic heterocycles. The molecule has 7 heteroatoms. The molecule has 1 atom stereocenters. The van der Waals surface area contributed by atoms with E-state index in [9.17, 15) is 15.0 Å². The highest BCUT2D eigenvalue weighted by atomic mass is 32.2. The fourth-order valence-electron chi connectivity index (χ4n) is 2.17. The highest BCUT2D eigenvalue weighted by molar-refractivity contribution is 8.13. The standard InChI is InChI=1S/C14H16N2O3S2/c1-20-10-6-4-3-5-8(10)12-11(13(18)19)9(7-17)15-14(16-12)21-2/h3-6,12,17H,7H2,1-2H3,(H,15,16)(H,18,19). The van der Waals surface area contributed by atoms with Crippen molar-refractivity contribution in [2.24, 2.45) is 4.99 Å². The highest BCUT2D eigenvalue weighted by Crippen LogP contribution is 2.36. The first-order valence-corrected chi connectivity index (χ1v) is 8.66. The average molecular weight is 324 g/mol. The van der Waals surface area contributed by atoms with Crippen molar-refractivity contribution in [2.75, 3.05) is 19.1 Å². The van der Waals surface area contributed by atoms with Crippen LogP contribution in [0.25, 0.3) is 0 Å². The molecule has 1 aromatic rings. The molecule has 1 heterocycles. The van der Waals surface area contributed by atoms with E-state index in [1.807, 2.05) is 36.8 Å². The number of benzene rings is 1. The van der Waals surface area contributed by atoms with E-state index in [1.165, 1.54) is 11.8 Å². The van der Waals surface area contributed by atoms with Crippen LogP contribution in [0.15, 0.2) is 45.4 Å². The lowest BCUT2D eigenvalue weighted by molar-refractivity contribution is -0.133. The van der Waals surface area contributed by atoms with Gasteiger partial charge in [-0.25, -0.2) is 9.79 Å². The van der Waals surface area contributed by atoms with Gasteiger partial charge < -0.3 is 15.5 Å². The monoisotopic (exact) mass is 324 g/mol. The third-order valence-electron chi connectivity index (χ3n) is 3.12. The third-order valence-corrected chi connectivity index (χ3v) is 4.52. The lowest BCUT2D eigenvalue weighted by Gasteiger charge is -2.26. The van der Waals surface area contributed by atoms with Crippen LogP contribution in [-0.4, -0.2) is 40.5 Å². The molecule has 0 radical (unpaired) electrons. The van der Waals surface area contributed by atoms with Crippen LogP contribution in [0.1, 0.15) is 11.6 Å². The zero-order valence-electron chi connectivity index (χ0n) is 11.7. The largest absolute Gasteiger partial charge is 0.478 e. The number of carboxylic acids is 1. The zero-order valence-corrected chi connectivity index (χ0v) is 13.3. The van der Waals surface area contributed by atoms with Crippen molar-refractivity contribution in [3.8, 4) is 0 Å². The third kappa shape index (κ3) is 3.25. The van der Waals surface area contributed by atoms with E-state index >= 15 is 0 Å². The maximum absolute atomic E-state index is 11.6. The predicted octanol–water partition coefficient (Wildman–Crippen LogP) is 2.10. The number of nitrogens with zero attached hydrogens (tertiary/aromatic N) is 1. The predicted molar refractivity (Wildman–Crippen MR) is 86.8 cm³/mol. The summed E-state index contributed by atoms with van der Waals surface area (Å²) < 4.78 is 0. The molecule has 1 aliphatic rings. The lowest BCUT2D eigenvalue weighted by Crippen LogP contribution is -2.32. The van der Waals surface area contributed by atoms with Crippen molar-refractivity contribution in [3.05, 3.63) is 41.1 Å². The molecule has 21 heavy (non-hydrogen) atoms. The summed E-state index contributed by atoms with van der Waals surface area (Å²) in [5.41, 5.74) is 1.22. The van der Waals surface area contributed by atoms with E-state index in [1.54, 1.807) is 11.8 Å². The quantitative estimate of drug-likeness (QED) is 0.736. The van der Waals surface area contributed by atoms with Crippen molar-refractivity contribution < 1.29 is 15.0 Å². The Balaban J connectivity index is 2.60. The molecule has 1 aromatic carbocycles. The van der Waals surface area contributed by atoms with Gasteiger partial charge in [0.05, 0.1) is 17.9 Å². The minimum atomic E-state index is -1.07. The number of hydrogen-bond acceptors (Lipinski definition) is 6. The first-order valence-electron chi connectivity index (χ1n) is 6.21. The van der Waals surface area contributed by atoms with Gasteiger partial charge in [-0.2, -0.15) is 0 Å². The summed E-state index contributed by atoms with van der Waals surface area (Å²) in [5.74, 6) is -1.07. The van der Waals surface area contributed by atoms with Crippen LogP contribution in [0.5, 0.6) is 0 Å². The van der Waals surface area contributed by atoms with Crippen LogP contribution in [0.3, 0.4) is 0 Å². The van der Waals surface area contributed by atoms with Crippen LogP contribution in [0.4, 0.5) is 0 Å². The summed E-state index contributed by atoms with van der Waals surface area (Å²) in [7, 11) is 0. The highest BCUT2D eigenvalue weighted by Gasteiger charge is 2.31. The van der Waals surface area contributed by atoms with E-state index in [4.69, 9.17) is 0 Å². The molecular formula is C14H16N2O3S2. The number of thioether (sulfide) groups is 2. The number of nitrogens with one attached hydrogen (secondary N) is 1. The van der Waals surface area contributed by atoms with Crippen LogP contribution < -0.4 is 5.32 Å². The number of hydrogen-bond donors (Lipinski definition) is 3. The minimum Gasteiger partial charge on any atom is -0.478 e. The summed E-state index contributed by atoms with van der Waals surface area (Å²) in [6.45, 7) is -0.362. The van der Waals surface area contributed by atoms with Crippen LogP contribution in [0, 0.1) is 0 Å². The van der Waals surface area contributed by atoms with Gasteiger partial charge in [-0.15, -0.1) is 11.8 Å². The molecule has 2 rings (SSSR count). The van der Waals surface area contributed by atoms with Crippen molar-refractivity contribution in [1.82, 2.24) is 5.32 Å². The van der Waals surface area contributed by atoms with Gasteiger partial charge in [0.15, 0.2) is 5.17 Å². The van der Waals surface area contributed by atoms with E-state index in [-0.39, 0.29) is 12.2 Å². The molecule has 112 valence electrons. The Morgan fingerprint density at radius 2 is 2.05 bits per heavy atom. The molecule has 5 nitrogen and oxygen atoms in total. The molecule has 1 aliphatic heterocycles. The fourth-order valence-corrected chi connectivity index (χ4v) is 3.23. The molecular weight excluding hydrogens is 308 g/mol. The van der Waals surface area contributed by atoms with Crippen LogP contribution in [-0.2, 0) is 4.79 Å². The number of amidine groups is 1. The van der Waals surface area contributed by atoms with Gasteiger partial charge in [0.25, 0.3) is 0 Å². The van der Waals surface area contributed by atoms with Gasteiger partial charge in [-0.05, 0) is 24.1 Å². The fraction of sp³-hybridized carbons (Fsp3) is 0.286. The van der Waals surface area contributed by atoms with Crippen molar-refractivity contribution >= 4 is 34.7 Å². The minimum absolute atomic E-state index is 0.0943. The van der Waals surface area contributed by atoms with Crippen molar-refractivity contribution in [1.29, 1.82) is 0 Å². The van der Waals surface area contributed by atoms with Gasteiger partial charge >= 0.3 is 5.97 Å². The number of aliphatic carboxylic acids is 1. The molecule has 0 fully saturated rings.